The fourth-order valence-electron chi connectivity index (χ4n) is 3.58. The molecule has 33 heavy (non-hydrogen) atoms. The van der Waals surface area contributed by atoms with E-state index in [0.717, 1.165) is 12.1 Å². The van der Waals surface area contributed by atoms with Crippen molar-refractivity contribution in [3.05, 3.63) is 86.4 Å². The number of likely N-dealkylation sites (tertiary alicyclic amines) is 1. The summed E-state index contributed by atoms with van der Waals surface area (Å²) in [6.45, 7) is 2.19. The lowest BCUT2D eigenvalue weighted by atomic mass is 10.1. The maximum atomic E-state index is 13.8. The number of carbonyl (C=O) groups excluding carboxylic acids is 1. The zero-order valence-electron chi connectivity index (χ0n) is 17.6. The lowest BCUT2D eigenvalue weighted by Gasteiger charge is -2.17. The molecule has 172 valence electrons. The molecule has 2 aromatic carbocycles. The maximum absolute atomic E-state index is 13.8. The molecule has 0 bridgehead atoms. The third-order valence-corrected chi connectivity index (χ3v) is 5.75. The Labute approximate surface area is 192 Å². The van der Waals surface area contributed by atoms with Crippen LogP contribution >= 0.6 is 11.6 Å². The van der Waals surface area contributed by atoms with E-state index in [1.54, 1.807) is 30.0 Å². The monoisotopic (exact) mass is 475 g/mol. The number of ether oxygens (including phenoxy) is 1. The van der Waals surface area contributed by atoms with E-state index in [1.807, 2.05) is 0 Å². The number of nitrogens with zero attached hydrogens (tertiary/aromatic N) is 3. The number of halogens is 3. The smallest absolute Gasteiger partial charge is 0.280 e. The van der Waals surface area contributed by atoms with Gasteiger partial charge in [0, 0.05) is 30.3 Å². The largest absolute Gasteiger partial charge is 0.471 e. The summed E-state index contributed by atoms with van der Waals surface area (Å²) in [5.41, 5.74) is 0.920. The van der Waals surface area contributed by atoms with Gasteiger partial charge in [0.1, 0.15) is 24.6 Å². The number of hydrogen-bond donors (Lipinski definition) is 1. The first-order valence-corrected chi connectivity index (χ1v) is 10.5. The number of benzene rings is 2. The standard InChI is InChI=1S/C23H20ClF2N3O4/c1-13-2-3-14(22(31)28-7-6-17(30)10-28)8-19(13)29-12-27-21(20(24)23(29)32)33-11-15-4-5-16(25)9-18(15)26/h2-5,8-9,12,17,30H,6-7,10-11H2,1H3/t17-/m1/s1. The predicted molar refractivity (Wildman–Crippen MR) is 117 cm³/mol. The summed E-state index contributed by atoms with van der Waals surface area (Å²) >= 11 is 6.18. The Bertz CT molecular complexity index is 1280. The zero-order chi connectivity index (χ0) is 23.7. The molecule has 1 N–H and O–H groups in total. The Hall–Kier alpha value is -3.30. The molecule has 1 fully saturated rings. The first kappa shape index (κ1) is 22.9. The second-order valence-corrected chi connectivity index (χ2v) is 8.14. The van der Waals surface area contributed by atoms with Gasteiger partial charge in [0.25, 0.3) is 11.5 Å². The van der Waals surface area contributed by atoms with Crippen molar-refractivity contribution in [1.29, 1.82) is 0 Å². The number of aryl methyl sites for hydroxylation is 1. The van der Waals surface area contributed by atoms with Crippen LogP contribution in [0, 0.1) is 18.6 Å². The summed E-state index contributed by atoms with van der Waals surface area (Å²) in [6.07, 6.45) is 1.19. The summed E-state index contributed by atoms with van der Waals surface area (Å²) in [5.74, 6) is -1.95. The molecule has 7 nitrogen and oxygen atoms in total. The van der Waals surface area contributed by atoms with Gasteiger partial charge in [-0.15, -0.1) is 0 Å². The molecular formula is C23H20ClF2N3O4. The molecule has 1 atom stereocenters. The number of carbonyl (C=O) groups is 1. The topological polar surface area (TPSA) is 84.7 Å². The molecule has 3 aromatic rings. The normalized spacial score (nSPS) is 15.7. The lowest BCUT2D eigenvalue weighted by molar-refractivity contribution is 0.0765. The minimum absolute atomic E-state index is 0.0764. The minimum Gasteiger partial charge on any atom is -0.471 e. The number of hydrogen-bond acceptors (Lipinski definition) is 5. The van der Waals surface area contributed by atoms with Gasteiger partial charge >= 0.3 is 0 Å². The molecule has 1 amide bonds. The van der Waals surface area contributed by atoms with E-state index in [2.05, 4.69) is 4.98 Å². The highest BCUT2D eigenvalue weighted by atomic mass is 35.5. The third-order valence-electron chi connectivity index (χ3n) is 5.43. The molecule has 10 heteroatoms. The van der Waals surface area contributed by atoms with Crippen molar-refractivity contribution >= 4 is 17.5 Å². The molecule has 0 aliphatic carbocycles. The highest BCUT2D eigenvalue weighted by Crippen LogP contribution is 2.23. The van der Waals surface area contributed by atoms with Gasteiger partial charge in [0.2, 0.25) is 5.88 Å². The van der Waals surface area contributed by atoms with E-state index in [4.69, 9.17) is 16.3 Å². The Balaban J connectivity index is 1.60. The molecule has 1 saturated heterocycles. The van der Waals surface area contributed by atoms with Crippen LogP contribution in [-0.2, 0) is 6.61 Å². The van der Waals surface area contributed by atoms with Crippen LogP contribution in [0.4, 0.5) is 8.78 Å². The van der Waals surface area contributed by atoms with Gasteiger partial charge in [-0.25, -0.2) is 13.8 Å². The zero-order valence-corrected chi connectivity index (χ0v) is 18.4. The van der Waals surface area contributed by atoms with Crippen molar-refractivity contribution in [2.24, 2.45) is 0 Å². The van der Waals surface area contributed by atoms with E-state index in [1.165, 1.54) is 17.0 Å². The first-order valence-electron chi connectivity index (χ1n) is 10.2. The van der Waals surface area contributed by atoms with Crippen LogP contribution in [-0.4, -0.2) is 44.7 Å². The summed E-state index contributed by atoms with van der Waals surface area (Å²) in [7, 11) is 0. The number of rotatable bonds is 5. The van der Waals surface area contributed by atoms with E-state index < -0.39 is 23.3 Å². The fourth-order valence-corrected chi connectivity index (χ4v) is 3.78. The first-order chi connectivity index (χ1) is 15.7. The molecule has 0 radical (unpaired) electrons. The molecule has 1 aliphatic rings. The number of amides is 1. The van der Waals surface area contributed by atoms with Gasteiger partial charge in [0.15, 0.2) is 5.02 Å². The molecule has 1 aliphatic heterocycles. The number of aliphatic hydroxyl groups is 1. The van der Waals surface area contributed by atoms with E-state index in [0.29, 0.717) is 29.8 Å². The van der Waals surface area contributed by atoms with Crippen LogP contribution in [0.25, 0.3) is 5.69 Å². The predicted octanol–water partition coefficient (Wildman–Crippen LogP) is 3.26. The minimum atomic E-state index is -0.790. The summed E-state index contributed by atoms with van der Waals surface area (Å²) in [6, 6.07) is 7.97. The van der Waals surface area contributed by atoms with Crippen molar-refractivity contribution in [2.75, 3.05) is 13.1 Å². The second kappa shape index (κ2) is 9.29. The Morgan fingerprint density at radius 3 is 2.76 bits per heavy atom. The van der Waals surface area contributed by atoms with Crippen LogP contribution in [0.2, 0.25) is 5.02 Å². The summed E-state index contributed by atoms with van der Waals surface area (Å²) in [4.78, 5) is 31.3. The number of aromatic nitrogens is 2. The van der Waals surface area contributed by atoms with Gasteiger partial charge in [-0.2, -0.15) is 0 Å². The number of β-amino-alcohol motifs (C(OH)–C–C–N with tert-alkyl or cyclic N) is 1. The van der Waals surface area contributed by atoms with Crippen molar-refractivity contribution < 1.29 is 23.4 Å². The second-order valence-electron chi connectivity index (χ2n) is 7.76. The molecule has 0 spiro atoms. The average molecular weight is 476 g/mol. The van der Waals surface area contributed by atoms with Crippen molar-refractivity contribution in [1.82, 2.24) is 14.5 Å². The lowest BCUT2D eigenvalue weighted by Crippen LogP contribution is -2.30. The summed E-state index contributed by atoms with van der Waals surface area (Å²) < 4.78 is 33.4. The Kier molecular flexibility index (Phi) is 6.44. The average Bonchev–Trinajstić information content (AvgIpc) is 3.22. The third kappa shape index (κ3) is 4.74. The molecule has 4 rings (SSSR count). The van der Waals surface area contributed by atoms with Crippen molar-refractivity contribution in [3.63, 3.8) is 0 Å². The molecule has 0 saturated carbocycles. The van der Waals surface area contributed by atoms with Crippen LogP contribution in [0.5, 0.6) is 5.88 Å². The Morgan fingerprint density at radius 1 is 1.27 bits per heavy atom. The molecular weight excluding hydrogens is 456 g/mol. The SMILES string of the molecule is Cc1ccc(C(=O)N2CC[C@@H](O)C2)cc1-n1cnc(OCc2ccc(F)cc2F)c(Cl)c1=O. The summed E-state index contributed by atoms with van der Waals surface area (Å²) in [5, 5.41) is 9.38. The van der Waals surface area contributed by atoms with Crippen LogP contribution in [0.15, 0.2) is 47.5 Å². The fraction of sp³-hybridized carbons (Fsp3) is 0.261. The Morgan fingerprint density at radius 2 is 2.06 bits per heavy atom. The van der Waals surface area contributed by atoms with E-state index in [-0.39, 0.29) is 35.5 Å². The van der Waals surface area contributed by atoms with Gasteiger partial charge < -0.3 is 14.7 Å². The van der Waals surface area contributed by atoms with Gasteiger partial charge in [-0.05, 0) is 43.2 Å². The van der Waals surface area contributed by atoms with Crippen molar-refractivity contribution in [3.8, 4) is 11.6 Å². The van der Waals surface area contributed by atoms with Gasteiger partial charge in [0.05, 0.1) is 11.8 Å². The molecule has 0 unspecified atom stereocenters. The van der Waals surface area contributed by atoms with Crippen LogP contribution < -0.4 is 10.3 Å². The van der Waals surface area contributed by atoms with Gasteiger partial charge in [-0.3, -0.25) is 14.2 Å². The quantitative estimate of drug-likeness (QED) is 0.612. The van der Waals surface area contributed by atoms with Crippen LogP contribution in [0.3, 0.4) is 0 Å². The highest BCUT2D eigenvalue weighted by molar-refractivity contribution is 6.31. The maximum Gasteiger partial charge on any atom is 0.280 e. The number of aliphatic hydroxyl groups excluding tert-OH is 1. The molecule has 2 heterocycles. The highest BCUT2D eigenvalue weighted by Gasteiger charge is 2.26. The van der Waals surface area contributed by atoms with Gasteiger partial charge in [-0.1, -0.05) is 17.7 Å². The van der Waals surface area contributed by atoms with Crippen LogP contribution in [0.1, 0.15) is 27.9 Å². The van der Waals surface area contributed by atoms with E-state index >= 15 is 0 Å². The van der Waals surface area contributed by atoms with Crippen molar-refractivity contribution in [2.45, 2.75) is 26.1 Å². The van der Waals surface area contributed by atoms with E-state index in [9.17, 15) is 23.5 Å². The molecule has 1 aromatic heterocycles.